The smallest absolute Gasteiger partial charge is 0.0575 e. The molecule has 0 aliphatic heterocycles. The average molecular weight is 322 g/mol. The largest absolute Gasteiger partial charge is 0.378 e. The van der Waals surface area contributed by atoms with Gasteiger partial charge in [0, 0.05) is 29.9 Å². The Labute approximate surface area is 140 Å². The molecule has 2 nitrogen and oxygen atoms in total. The summed E-state index contributed by atoms with van der Waals surface area (Å²) in [5, 5.41) is 0.774. The lowest BCUT2D eigenvalue weighted by Gasteiger charge is -2.31. The molecule has 0 radical (unpaired) electrons. The first-order valence-corrected chi connectivity index (χ1v) is 8.83. The number of halogens is 1. The van der Waals surface area contributed by atoms with E-state index in [0.717, 1.165) is 24.6 Å². The first-order chi connectivity index (χ1) is 10.7. The van der Waals surface area contributed by atoms with Crippen molar-refractivity contribution in [2.45, 2.75) is 57.6 Å². The molecule has 0 heterocycles. The van der Waals surface area contributed by atoms with Gasteiger partial charge >= 0.3 is 0 Å². The van der Waals surface area contributed by atoms with E-state index in [4.69, 9.17) is 16.3 Å². The van der Waals surface area contributed by atoms with Crippen LogP contribution in [0.5, 0.6) is 0 Å². The van der Waals surface area contributed by atoms with E-state index in [2.05, 4.69) is 30.5 Å². The topological polar surface area (TPSA) is 12.5 Å². The van der Waals surface area contributed by atoms with Crippen molar-refractivity contribution in [1.82, 2.24) is 0 Å². The van der Waals surface area contributed by atoms with Crippen molar-refractivity contribution in [3.05, 3.63) is 41.9 Å². The van der Waals surface area contributed by atoms with Crippen LogP contribution in [-0.4, -0.2) is 25.3 Å². The van der Waals surface area contributed by atoms with Crippen LogP contribution >= 0.6 is 11.6 Å². The fourth-order valence-corrected chi connectivity index (χ4v) is 3.23. The van der Waals surface area contributed by atoms with Crippen molar-refractivity contribution in [1.29, 1.82) is 0 Å². The number of ether oxygens (including phenoxy) is 1. The Morgan fingerprint density at radius 1 is 1.27 bits per heavy atom. The molecule has 0 N–H and O–H groups in total. The molecule has 3 heteroatoms. The quantitative estimate of drug-likeness (QED) is 0.589. The molecule has 1 saturated carbocycles. The van der Waals surface area contributed by atoms with Gasteiger partial charge in [0.2, 0.25) is 0 Å². The first kappa shape index (κ1) is 17.4. The predicted octanol–water partition coefficient (Wildman–Crippen LogP) is 5.46. The molecule has 122 valence electrons. The van der Waals surface area contributed by atoms with Crippen LogP contribution in [0.4, 0.5) is 5.69 Å². The van der Waals surface area contributed by atoms with Crippen LogP contribution in [0.1, 0.15) is 45.4 Å². The summed E-state index contributed by atoms with van der Waals surface area (Å²) >= 11 is 5.98. The van der Waals surface area contributed by atoms with Gasteiger partial charge in [-0.25, -0.2) is 0 Å². The Hall–Kier alpha value is -0.990. The highest BCUT2D eigenvalue weighted by atomic mass is 35.5. The lowest BCUT2D eigenvalue weighted by molar-refractivity contribution is 0.0252. The fourth-order valence-electron chi connectivity index (χ4n) is 3.10. The summed E-state index contributed by atoms with van der Waals surface area (Å²) in [5.74, 6) is 0. The van der Waals surface area contributed by atoms with E-state index >= 15 is 0 Å². The van der Waals surface area contributed by atoms with Gasteiger partial charge in [0.1, 0.15) is 0 Å². The highest BCUT2D eigenvalue weighted by molar-refractivity contribution is 6.30. The zero-order valence-corrected chi connectivity index (χ0v) is 14.4. The third-order valence-corrected chi connectivity index (χ3v) is 4.71. The minimum Gasteiger partial charge on any atom is -0.378 e. The van der Waals surface area contributed by atoms with Crippen molar-refractivity contribution in [3.8, 4) is 0 Å². The zero-order chi connectivity index (χ0) is 15.8. The Kier molecular flexibility index (Phi) is 7.28. The molecular weight excluding hydrogens is 294 g/mol. The second kappa shape index (κ2) is 9.22. The van der Waals surface area contributed by atoms with E-state index in [1.54, 1.807) is 0 Å². The highest BCUT2D eigenvalue weighted by Crippen LogP contribution is 2.23. The van der Waals surface area contributed by atoms with Gasteiger partial charge < -0.3 is 9.64 Å². The van der Waals surface area contributed by atoms with Crippen LogP contribution < -0.4 is 4.90 Å². The van der Waals surface area contributed by atoms with Gasteiger partial charge in [-0.3, -0.25) is 0 Å². The van der Waals surface area contributed by atoms with E-state index in [1.807, 2.05) is 18.2 Å². The number of hydrogen-bond donors (Lipinski definition) is 0. The van der Waals surface area contributed by atoms with E-state index < -0.39 is 0 Å². The molecule has 2 rings (SSSR count). The van der Waals surface area contributed by atoms with Crippen LogP contribution in [0, 0.1) is 0 Å². The SMILES string of the molecule is C=CCN(c1ccc(Cl)cc1)C(C)CCOC1CCCCC1. The molecule has 1 aliphatic rings. The standard InChI is InChI=1S/C19H28ClNO/c1-3-14-21(18-11-9-17(20)10-12-18)16(2)13-15-22-19-7-5-4-6-8-19/h3,9-12,16,19H,1,4-8,13-15H2,2H3. The van der Waals surface area contributed by atoms with Crippen LogP contribution in [0.15, 0.2) is 36.9 Å². The average Bonchev–Trinajstić information content (AvgIpc) is 2.54. The molecule has 1 aromatic rings. The van der Waals surface area contributed by atoms with Crippen molar-refractivity contribution < 1.29 is 4.74 Å². The van der Waals surface area contributed by atoms with Crippen molar-refractivity contribution in [3.63, 3.8) is 0 Å². The molecule has 1 atom stereocenters. The summed E-state index contributed by atoms with van der Waals surface area (Å²) in [4.78, 5) is 2.35. The Morgan fingerprint density at radius 3 is 2.59 bits per heavy atom. The van der Waals surface area contributed by atoms with Gasteiger partial charge in [-0.1, -0.05) is 36.9 Å². The number of rotatable bonds is 8. The summed E-state index contributed by atoms with van der Waals surface area (Å²) in [6.45, 7) is 7.81. The van der Waals surface area contributed by atoms with Gasteiger partial charge in [0.05, 0.1) is 6.10 Å². The van der Waals surface area contributed by atoms with E-state index in [-0.39, 0.29) is 0 Å². The predicted molar refractivity (Wildman–Crippen MR) is 95.9 cm³/mol. The summed E-state index contributed by atoms with van der Waals surface area (Å²) in [6.07, 6.45) is 9.98. The second-order valence-corrected chi connectivity index (χ2v) is 6.62. The highest BCUT2D eigenvalue weighted by Gasteiger charge is 2.16. The Morgan fingerprint density at radius 2 is 1.95 bits per heavy atom. The Balaban J connectivity index is 1.84. The molecule has 0 amide bonds. The lowest BCUT2D eigenvalue weighted by atomic mass is 9.98. The van der Waals surface area contributed by atoms with Crippen molar-refractivity contribution in [2.75, 3.05) is 18.1 Å². The van der Waals surface area contributed by atoms with Gasteiger partial charge in [-0.2, -0.15) is 0 Å². The molecule has 1 unspecified atom stereocenters. The number of benzene rings is 1. The van der Waals surface area contributed by atoms with E-state index in [1.165, 1.54) is 37.8 Å². The monoisotopic (exact) mass is 321 g/mol. The van der Waals surface area contributed by atoms with E-state index in [9.17, 15) is 0 Å². The first-order valence-electron chi connectivity index (χ1n) is 8.45. The minimum absolute atomic E-state index is 0.419. The van der Waals surface area contributed by atoms with Crippen LogP contribution in [-0.2, 0) is 4.74 Å². The third-order valence-electron chi connectivity index (χ3n) is 4.46. The maximum Gasteiger partial charge on any atom is 0.0575 e. The molecule has 22 heavy (non-hydrogen) atoms. The number of hydrogen-bond acceptors (Lipinski definition) is 2. The third kappa shape index (κ3) is 5.33. The van der Waals surface area contributed by atoms with Crippen LogP contribution in [0.2, 0.25) is 5.02 Å². The fraction of sp³-hybridized carbons (Fsp3) is 0.579. The lowest BCUT2D eigenvalue weighted by Crippen LogP contribution is -2.34. The molecule has 0 aromatic heterocycles. The summed E-state index contributed by atoms with van der Waals surface area (Å²) in [6, 6.07) is 8.45. The molecule has 1 aliphatic carbocycles. The summed E-state index contributed by atoms with van der Waals surface area (Å²) < 4.78 is 6.06. The van der Waals surface area contributed by atoms with Crippen LogP contribution in [0.3, 0.4) is 0 Å². The molecular formula is C19H28ClNO. The number of nitrogens with zero attached hydrogens (tertiary/aromatic N) is 1. The Bertz CT molecular complexity index is 439. The molecule has 0 spiro atoms. The zero-order valence-electron chi connectivity index (χ0n) is 13.6. The molecule has 1 aromatic carbocycles. The van der Waals surface area contributed by atoms with Crippen molar-refractivity contribution >= 4 is 17.3 Å². The maximum atomic E-state index is 6.06. The summed E-state index contributed by atoms with van der Waals surface area (Å²) in [5.41, 5.74) is 1.19. The van der Waals surface area contributed by atoms with Gasteiger partial charge in [0.25, 0.3) is 0 Å². The maximum absolute atomic E-state index is 6.06. The van der Waals surface area contributed by atoms with E-state index in [0.29, 0.717) is 12.1 Å². The summed E-state index contributed by atoms with van der Waals surface area (Å²) in [7, 11) is 0. The molecule has 0 bridgehead atoms. The van der Waals surface area contributed by atoms with Crippen molar-refractivity contribution in [2.24, 2.45) is 0 Å². The second-order valence-electron chi connectivity index (χ2n) is 6.19. The van der Waals surface area contributed by atoms with Gasteiger partial charge in [-0.15, -0.1) is 6.58 Å². The van der Waals surface area contributed by atoms with Gasteiger partial charge in [0.15, 0.2) is 0 Å². The normalized spacial score (nSPS) is 17.2. The molecule has 0 saturated heterocycles. The molecule has 1 fully saturated rings. The number of anilines is 1. The minimum atomic E-state index is 0.419. The van der Waals surface area contributed by atoms with Crippen LogP contribution in [0.25, 0.3) is 0 Å². The van der Waals surface area contributed by atoms with Gasteiger partial charge in [-0.05, 0) is 50.5 Å².